The zero-order valence-corrected chi connectivity index (χ0v) is 23.1. The summed E-state index contributed by atoms with van der Waals surface area (Å²) in [7, 11) is 0. The lowest BCUT2D eigenvalue weighted by atomic mass is 10.0. The summed E-state index contributed by atoms with van der Waals surface area (Å²) >= 11 is 9.61. The Hall–Kier alpha value is -5.49. The van der Waals surface area contributed by atoms with Gasteiger partial charge in [-0.2, -0.15) is 10.5 Å². The molecule has 0 bridgehead atoms. The van der Waals surface area contributed by atoms with Gasteiger partial charge in [0, 0.05) is 5.56 Å². The third kappa shape index (κ3) is 9.33. The van der Waals surface area contributed by atoms with Crippen LogP contribution in [0, 0.1) is 27.3 Å². The lowest BCUT2D eigenvalue weighted by molar-refractivity contribution is 0.102. The molecule has 0 aliphatic carbocycles. The maximum Gasteiger partial charge on any atom is 0.222 e. The number of aromatic amines is 1. The summed E-state index contributed by atoms with van der Waals surface area (Å²) in [5.41, 5.74) is 8.76. The monoisotopic (exact) mass is 578 g/mol. The van der Waals surface area contributed by atoms with Gasteiger partial charge in [-0.25, -0.2) is 9.97 Å². The number of H-pyrrole nitrogens is 1. The molecule has 3 N–H and O–H groups in total. The second kappa shape index (κ2) is 15.8. The highest BCUT2D eigenvalue weighted by molar-refractivity contribution is 7.80. The van der Waals surface area contributed by atoms with Gasteiger partial charge in [0.2, 0.25) is 5.78 Å². The highest BCUT2D eigenvalue weighted by atomic mass is 32.1. The van der Waals surface area contributed by atoms with Crippen molar-refractivity contribution in [1.82, 2.24) is 15.0 Å². The van der Waals surface area contributed by atoms with Gasteiger partial charge in [0.05, 0.1) is 41.1 Å². The Kier molecular flexibility index (Phi) is 11.6. The summed E-state index contributed by atoms with van der Waals surface area (Å²) in [4.78, 5) is 22.3. The molecule has 0 saturated heterocycles. The van der Waals surface area contributed by atoms with Crippen molar-refractivity contribution < 1.29 is 13.6 Å². The molecule has 0 unspecified atom stereocenters. The summed E-state index contributed by atoms with van der Waals surface area (Å²) in [5.74, 6) is 0.649. The van der Waals surface area contributed by atoms with Crippen molar-refractivity contribution in [3.8, 4) is 34.7 Å². The quantitative estimate of drug-likeness (QED) is 0.126. The molecule has 0 saturated carbocycles. The van der Waals surface area contributed by atoms with Crippen LogP contribution in [0.25, 0.3) is 28.7 Å². The number of oxazole rings is 2. The molecule has 9 nitrogen and oxygen atoms in total. The third-order valence-corrected chi connectivity index (χ3v) is 5.53. The fraction of sp³-hybridized carbons (Fsp3) is 0.0333. The van der Waals surface area contributed by atoms with Crippen LogP contribution in [0.2, 0.25) is 0 Å². The first kappa shape index (κ1) is 30.1. The highest BCUT2D eigenvalue weighted by Gasteiger charge is 2.11. The minimum atomic E-state index is -0.184. The van der Waals surface area contributed by atoms with Crippen LogP contribution in [0.4, 0.5) is 0 Å². The Morgan fingerprint density at radius 3 is 2.20 bits per heavy atom. The number of carbonyl (C=O) groups excluding carboxylic acids is 1. The van der Waals surface area contributed by atoms with Gasteiger partial charge in [-0.3, -0.25) is 4.79 Å². The first-order valence-corrected chi connectivity index (χ1v) is 12.7. The van der Waals surface area contributed by atoms with Crippen LogP contribution in [-0.2, 0) is 0 Å². The van der Waals surface area contributed by atoms with Gasteiger partial charge in [0.25, 0.3) is 0 Å². The van der Waals surface area contributed by atoms with Crippen molar-refractivity contribution in [1.29, 1.82) is 10.5 Å². The van der Waals surface area contributed by atoms with Crippen LogP contribution in [0.5, 0.6) is 0 Å². The molecular formula is C30H22N6O3S2. The smallest absolute Gasteiger partial charge is 0.222 e. The number of nitrogens with two attached hydrogens (primary N) is 1. The summed E-state index contributed by atoms with van der Waals surface area (Å²) in [6.45, 7) is 0. The van der Waals surface area contributed by atoms with Crippen molar-refractivity contribution in [3.05, 3.63) is 120 Å². The van der Waals surface area contributed by atoms with Crippen LogP contribution >= 0.6 is 24.4 Å². The zero-order chi connectivity index (χ0) is 29.5. The van der Waals surface area contributed by atoms with E-state index in [1.54, 1.807) is 18.3 Å². The highest BCUT2D eigenvalue weighted by Crippen LogP contribution is 2.28. The molecule has 0 spiro atoms. The number of nitriles is 2. The number of rotatable bonds is 6. The number of thiocarbonyl (C=S) groups is 1. The Balaban J connectivity index is 0.000000194. The van der Waals surface area contributed by atoms with E-state index in [-0.39, 0.29) is 23.0 Å². The Labute approximate surface area is 246 Å². The first-order chi connectivity index (χ1) is 19.9. The first-order valence-electron chi connectivity index (χ1n) is 11.9. The fourth-order valence-electron chi connectivity index (χ4n) is 3.23. The van der Waals surface area contributed by atoms with E-state index in [0.717, 1.165) is 16.7 Å². The van der Waals surface area contributed by atoms with Gasteiger partial charge in [-0.15, -0.1) is 0 Å². The number of allylic oxidation sites excluding steroid dienone is 1. The Bertz CT molecular complexity index is 1730. The van der Waals surface area contributed by atoms with Gasteiger partial charge in [-0.05, 0) is 23.3 Å². The molecule has 5 rings (SSSR count). The van der Waals surface area contributed by atoms with Gasteiger partial charge in [0.15, 0.2) is 24.3 Å². The molecule has 202 valence electrons. The second-order valence-electron chi connectivity index (χ2n) is 7.92. The normalized spacial score (nSPS) is 9.80. The second-order valence-corrected chi connectivity index (χ2v) is 8.85. The van der Waals surface area contributed by atoms with Gasteiger partial charge in [-0.1, -0.05) is 91.2 Å². The maximum absolute atomic E-state index is 11.5. The predicted molar refractivity (Wildman–Crippen MR) is 161 cm³/mol. The number of pyridine rings is 1. The Morgan fingerprint density at radius 2 is 1.66 bits per heavy atom. The van der Waals surface area contributed by atoms with Gasteiger partial charge < -0.3 is 19.6 Å². The van der Waals surface area contributed by atoms with Crippen molar-refractivity contribution in [2.45, 2.75) is 6.42 Å². The number of benzene rings is 2. The molecule has 11 heteroatoms. The van der Waals surface area contributed by atoms with Crippen LogP contribution in [0.15, 0.2) is 107 Å². The third-order valence-electron chi connectivity index (χ3n) is 5.08. The van der Waals surface area contributed by atoms with Crippen molar-refractivity contribution >= 4 is 41.3 Å². The summed E-state index contributed by atoms with van der Waals surface area (Å²) in [6, 6.07) is 25.1. The van der Waals surface area contributed by atoms with Crippen LogP contribution in [0.3, 0.4) is 0 Å². The molecule has 0 fully saturated rings. The van der Waals surface area contributed by atoms with E-state index in [0.29, 0.717) is 21.7 Å². The number of aromatic nitrogens is 3. The molecule has 0 amide bonds. The topological polar surface area (TPSA) is 159 Å². The number of nitrogens with zero attached hydrogens (tertiary/aromatic N) is 4. The molecule has 0 atom stereocenters. The molecule has 3 heterocycles. The molecule has 3 aromatic heterocycles. The maximum atomic E-state index is 11.5. The van der Waals surface area contributed by atoms with Crippen molar-refractivity contribution in [2.24, 2.45) is 5.73 Å². The lowest BCUT2D eigenvalue weighted by Gasteiger charge is -2.07. The van der Waals surface area contributed by atoms with E-state index in [1.165, 1.54) is 25.1 Å². The number of ketones is 1. The van der Waals surface area contributed by atoms with Crippen LogP contribution in [-0.4, -0.2) is 25.7 Å². The largest absolute Gasteiger partial charge is 0.442 e. The van der Waals surface area contributed by atoms with E-state index >= 15 is 0 Å². The lowest BCUT2D eigenvalue weighted by Crippen LogP contribution is -2.04. The molecule has 5 aromatic rings. The molecule has 2 aromatic carbocycles. The summed E-state index contributed by atoms with van der Waals surface area (Å²) < 4.78 is 10.5. The van der Waals surface area contributed by atoms with Crippen LogP contribution in [0.1, 0.15) is 28.1 Å². The molecule has 0 aliphatic heterocycles. The number of hydrogen-bond donors (Lipinski definition) is 2. The van der Waals surface area contributed by atoms with Crippen LogP contribution < -0.4 is 5.73 Å². The van der Waals surface area contributed by atoms with E-state index < -0.39 is 0 Å². The van der Waals surface area contributed by atoms with Gasteiger partial charge in [0.1, 0.15) is 10.7 Å². The molecule has 41 heavy (non-hydrogen) atoms. The van der Waals surface area contributed by atoms with E-state index in [4.69, 9.17) is 32.0 Å². The molecule has 0 aliphatic rings. The van der Waals surface area contributed by atoms with E-state index in [1.807, 2.05) is 66.7 Å². The Morgan fingerprint density at radius 1 is 1.00 bits per heavy atom. The summed E-state index contributed by atoms with van der Waals surface area (Å²) in [6.07, 6.45) is 8.99. The SMILES string of the molecule is N#CCC(N)=S.N#Cc1c(-c2ccccc2)cc(-c2cnco2)[nH]c1=S.O=C(/C=C/c1ccccc1)c1cnco1. The minimum Gasteiger partial charge on any atom is -0.442 e. The van der Waals surface area contributed by atoms with Crippen molar-refractivity contribution in [2.75, 3.05) is 0 Å². The zero-order valence-electron chi connectivity index (χ0n) is 21.4. The predicted octanol–water partition coefficient (Wildman–Crippen LogP) is 6.69. The minimum absolute atomic E-state index is 0.184. The molecule has 0 radical (unpaired) electrons. The van der Waals surface area contributed by atoms with Gasteiger partial charge >= 0.3 is 0 Å². The number of carbonyl (C=O) groups is 1. The average molecular weight is 579 g/mol. The number of hydrogen-bond acceptors (Lipinski definition) is 9. The average Bonchev–Trinajstić information content (AvgIpc) is 3.73. The van der Waals surface area contributed by atoms with E-state index in [2.05, 4.69) is 33.2 Å². The summed E-state index contributed by atoms with van der Waals surface area (Å²) in [5, 5.41) is 17.1. The molecular weight excluding hydrogens is 557 g/mol. The number of nitrogens with one attached hydrogen (secondary N) is 1. The fourth-order valence-corrected chi connectivity index (χ4v) is 3.56. The van der Waals surface area contributed by atoms with Crippen molar-refractivity contribution in [3.63, 3.8) is 0 Å². The van der Waals surface area contributed by atoms with E-state index in [9.17, 15) is 10.1 Å². The standard InChI is InChI=1S/C15H9N3OS.C12H9NO2.C3H4N2S/c16-7-12-11(10-4-2-1-3-5-10)6-13(18-15(12)20)14-8-17-9-19-14;14-11(12-8-13-9-15-12)7-6-10-4-2-1-3-5-10;4-2-1-3(5)6/h1-6,8-9H,(H,18,20);1-9H;1H2,(H2,5,6)/b;7-6+;.